The van der Waals surface area contributed by atoms with Crippen molar-refractivity contribution in [3.8, 4) is 5.75 Å². The number of imidazole rings is 1. The van der Waals surface area contributed by atoms with Gasteiger partial charge >= 0.3 is 0 Å². The van der Waals surface area contributed by atoms with E-state index in [1.54, 1.807) is 10.6 Å². The number of rotatable bonds is 2. The van der Waals surface area contributed by atoms with Gasteiger partial charge in [0.1, 0.15) is 0 Å². The van der Waals surface area contributed by atoms with Gasteiger partial charge in [0.05, 0.1) is 35.2 Å². The summed E-state index contributed by atoms with van der Waals surface area (Å²) >= 11 is 5.31. The Morgan fingerprint density at radius 3 is 2.76 bits per heavy atom. The zero-order valence-corrected chi connectivity index (χ0v) is 13.3. The SMILES string of the molecule is COc1cc2c(cc1F)[nH]c(=S)n2C1(C)CCS(=O)(=O)C1. The molecule has 2 heterocycles. The molecule has 3 rings (SSSR count). The van der Waals surface area contributed by atoms with Crippen LogP contribution < -0.4 is 4.74 Å². The maximum atomic E-state index is 13.8. The molecule has 1 fully saturated rings. The summed E-state index contributed by atoms with van der Waals surface area (Å²) in [6, 6.07) is 2.86. The van der Waals surface area contributed by atoms with Crippen molar-refractivity contribution in [2.45, 2.75) is 18.9 Å². The van der Waals surface area contributed by atoms with Crippen molar-refractivity contribution >= 4 is 33.1 Å². The van der Waals surface area contributed by atoms with Gasteiger partial charge in [0.15, 0.2) is 26.2 Å². The fourth-order valence-corrected chi connectivity index (χ4v) is 5.52. The number of nitrogens with zero attached hydrogens (tertiary/aromatic N) is 1. The van der Waals surface area contributed by atoms with Crippen LogP contribution in [0.1, 0.15) is 13.3 Å². The number of methoxy groups -OCH3 is 1. The maximum Gasteiger partial charge on any atom is 0.178 e. The van der Waals surface area contributed by atoms with Crippen molar-refractivity contribution in [1.29, 1.82) is 0 Å². The Bertz CT molecular complexity index is 885. The number of benzene rings is 1. The number of fused-ring (bicyclic) bond motifs is 1. The minimum Gasteiger partial charge on any atom is -0.494 e. The van der Waals surface area contributed by atoms with E-state index in [0.29, 0.717) is 22.2 Å². The van der Waals surface area contributed by atoms with Crippen LogP contribution in [0.5, 0.6) is 5.75 Å². The van der Waals surface area contributed by atoms with Gasteiger partial charge in [0.2, 0.25) is 0 Å². The number of H-pyrrole nitrogens is 1. The van der Waals surface area contributed by atoms with Crippen molar-refractivity contribution in [2.24, 2.45) is 0 Å². The quantitative estimate of drug-likeness (QED) is 0.859. The second-order valence-electron chi connectivity index (χ2n) is 5.61. The molecule has 0 aliphatic carbocycles. The highest BCUT2D eigenvalue weighted by Crippen LogP contribution is 2.35. The van der Waals surface area contributed by atoms with E-state index in [9.17, 15) is 12.8 Å². The topological polar surface area (TPSA) is 64.1 Å². The zero-order chi connectivity index (χ0) is 15.4. The van der Waals surface area contributed by atoms with Crippen LogP contribution in [0.25, 0.3) is 11.0 Å². The van der Waals surface area contributed by atoms with Crippen LogP contribution in [0.15, 0.2) is 12.1 Å². The summed E-state index contributed by atoms with van der Waals surface area (Å²) in [4.78, 5) is 2.94. The summed E-state index contributed by atoms with van der Waals surface area (Å²) in [5, 5.41) is 0. The average Bonchev–Trinajstić information content (AvgIpc) is 2.84. The number of sulfone groups is 1. The van der Waals surface area contributed by atoms with E-state index in [0.717, 1.165) is 0 Å². The lowest BCUT2D eigenvalue weighted by atomic mass is 10.0. The first-order valence-electron chi connectivity index (χ1n) is 6.45. The molecule has 0 bridgehead atoms. The first-order valence-corrected chi connectivity index (χ1v) is 8.68. The van der Waals surface area contributed by atoms with Gasteiger partial charge in [-0.3, -0.25) is 0 Å². The fourth-order valence-electron chi connectivity index (χ4n) is 2.97. The zero-order valence-electron chi connectivity index (χ0n) is 11.6. The summed E-state index contributed by atoms with van der Waals surface area (Å²) < 4.78 is 44.6. The standard InChI is InChI=1S/C13H15FN2O3S2/c1-13(3-4-21(17,18)7-13)16-10-6-11(19-2)8(14)5-9(10)15-12(16)20/h5-6H,3-4,7H2,1-2H3,(H,15,20). The molecule has 1 N–H and O–H groups in total. The third kappa shape index (κ3) is 2.26. The van der Waals surface area contributed by atoms with E-state index in [-0.39, 0.29) is 17.3 Å². The molecule has 8 heteroatoms. The van der Waals surface area contributed by atoms with E-state index >= 15 is 0 Å². The minimum absolute atomic E-state index is 0.0287. The van der Waals surface area contributed by atoms with Crippen LogP contribution in [-0.2, 0) is 15.4 Å². The Labute approximate surface area is 126 Å². The van der Waals surface area contributed by atoms with Gasteiger partial charge in [-0.05, 0) is 25.6 Å². The number of hydrogen-bond donors (Lipinski definition) is 1. The number of ether oxygens (including phenoxy) is 1. The Morgan fingerprint density at radius 1 is 1.48 bits per heavy atom. The molecule has 1 aliphatic heterocycles. The van der Waals surface area contributed by atoms with Gasteiger partial charge in [-0.15, -0.1) is 0 Å². The van der Waals surface area contributed by atoms with Gasteiger partial charge in [-0.25, -0.2) is 12.8 Å². The summed E-state index contributed by atoms with van der Waals surface area (Å²) in [5.74, 6) is -0.218. The number of aromatic nitrogens is 2. The molecule has 1 aromatic heterocycles. The predicted octanol–water partition coefficient (Wildman–Crippen LogP) is 2.38. The van der Waals surface area contributed by atoms with Gasteiger partial charge in [-0.2, -0.15) is 0 Å². The van der Waals surface area contributed by atoms with E-state index < -0.39 is 21.2 Å². The third-order valence-electron chi connectivity index (χ3n) is 3.98. The molecule has 1 unspecified atom stereocenters. The van der Waals surface area contributed by atoms with E-state index in [1.165, 1.54) is 13.2 Å². The Hall–Kier alpha value is -1.41. The molecule has 1 saturated heterocycles. The summed E-state index contributed by atoms with van der Waals surface area (Å²) in [7, 11) is -1.69. The maximum absolute atomic E-state index is 13.8. The lowest BCUT2D eigenvalue weighted by molar-refractivity contribution is 0.369. The van der Waals surface area contributed by atoms with Gasteiger partial charge < -0.3 is 14.3 Å². The molecule has 0 saturated carbocycles. The second-order valence-corrected chi connectivity index (χ2v) is 8.18. The van der Waals surface area contributed by atoms with Crippen molar-refractivity contribution in [2.75, 3.05) is 18.6 Å². The van der Waals surface area contributed by atoms with Gasteiger partial charge in [0.25, 0.3) is 0 Å². The van der Waals surface area contributed by atoms with Crippen LogP contribution in [0, 0.1) is 10.6 Å². The first-order chi connectivity index (χ1) is 9.76. The smallest absolute Gasteiger partial charge is 0.178 e. The largest absolute Gasteiger partial charge is 0.494 e. The second kappa shape index (κ2) is 4.54. The predicted molar refractivity (Wildman–Crippen MR) is 80.6 cm³/mol. The molecule has 0 spiro atoms. The molecule has 2 aromatic rings. The van der Waals surface area contributed by atoms with Crippen LogP contribution >= 0.6 is 12.2 Å². The molecular formula is C13H15FN2O3S2. The molecule has 114 valence electrons. The van der Waals surface area contributed by atoms with E-state index in [2.05, 4.69) is 4.98 Å². The lowest BCUT2D eigenvalue weighted by Crippen LogP contribution is -2.31. The normalized spacial score (nSPS) is 24.5. The van der Waals surface area contributed by atoms with Gasteiger partial charge in [-0.1, -0.05) is 0 Å². The number of hydrogen-bond acceptors (Lipinski definition) is 4. The molecule has 0 amide bonds. The summed E-state index contributed by atoms with van der Waals surface area (Å²) in [6.07, 6.45) is 0.482. The van der Waals surface area contributed by atoms with Crippen LogP contribution in [0.3, 0.4) is 0 Å². The monoisotopic (exact) mass is 330 g/mol. The average molecular weight is 330 g/mol. The fraction of sp³-hybridized carbons (Fsp3) is 0.462. The highest BCUT2D eigenvalue weighted by atomic mass is 32.2. The Balaban J connectivity index is 2.28. The van der Waals surface area contributed by atoms with Crippen molar-refractivity contribution in [1.82, 2.24) is 9.55 Å². The number of halogens is 1. The highest BCUT2D eigenvalue weighted by molar-refractivity contribution is 7.91. The summed E-state index contributed by atoms with van der Waals surface area (Å²) in [5.41, 5.74) is 0.554. The molecular weight excluding hydrogens is 315 g/mol. The van der Waals surface area contributed by atoms with Gasteiger partial charge in [0, 0.05) is 12.1 Å². The number of nitrogens with one attached hydrogen (secondary N) is 1. The van der Waals surface area contributed by atoms with Crippen molar-refractivity contribution < 1.29 is 17.5 Å². The van der Waals surface area contributed by atoms with E-state index in [1.807, 2.05) is 6.92 Å². The van der Waals surface area contributed by atoms with Crippen molar-refractivity contribution in [3.05, 3.63) is 22.7 Å². The minimum atomic E-state index is -3.08. The summed E-state index contributed by atoms with van der Waals surface area (Å²) in [6.45, 7) is 1.86. The number of aromatic amines is 1. The third-order valence-corrected chi connectivity index (χ3v) is 6.15. The molecule has 0 radical (unpaired) electrons. The molecule has 1 aromatic carbocycles. The highest BCUT2D eigenvalue weighted by Gasteiger charge is 2.41. The van der Waals surface area contributed by atoms with Crippen LogP contribution in [0.2, 0.25) is 0 Å². The first kappa shape index (κ1) is 14.5. The van der Waals surface area contributed by atoms with Crippen LogP contribution in [0.4, 0.5) is 4.39 Å². The Kier molecular flexibility index (Phi) is 3.14. The molecule has 1 atom stereocenters. The lowest BCUT2D eigenvalue weighted by Gasteiger charge is -2.25. The van der Waals surface area contributed by atoms with E-state index in [4.69, 9.17) is 17.0 Å². The van der Waals surface area contributed by atoms with Crippen LogP contribution in [-0.4, -0.2) is 36.6 Å². The van der Waals surface area contributed by atoms with Crippen molar-refractivity contribution in [3.63, 3.8) is 0 Å². The Morgan fingerprint density at radius 2 is 2.19 bits per heavy atom. The molecule has 1 aliphatic rings. The molecule has 21 heavy (non-hydrogen) atoms. The molecule has 5 nitrogen and oxygen atoms in total.